The molecule has 6 nitrogen and oxygen atoms in total. The van der Waals surface area contributed by atoms with Crippen molar-refractivity contribution in [3.63, 3.8) is 0 Å². The molecule has 7 heteroatoms. The fraction of sp³-hybridized carbons (Fsp3) is 0.385. The molecular weight excluding hydrogens is 330 g/mol. The van der Waals surface area contributed by atoms with Gasteiger partial charge in [-0.05, 0) is 31.2 Å². The molecule has 2 atom stereocenters. The maximum atomic E-state index is 11.5. The zero-order valence-electron chi connectivity index (χ0n) is 10.9. The minimum atomic E-state index is -1.31. The summed E-state index contributed by atoms with van der Waals surface area (Å²) in [5.74, 6) is -1.15. The standard InChI is InChI=1S/C13H16BrNO5/c1-8(16)12(13(18)19)15-11(17)6-7-20-10-4-2-9(14)3-5-10/h2-5,8,12,16H,6-7H2,1H3,(H,15,17)(H,18,19). The van der Waals surface area contributed by atoms with Crippen molar-refractivity contribution < 1.29 is 24.5 Å². The second kappa shape index (κ2) is 7.86. The van der Waals surface area contributed by atoms with Gasteiger partial charge in [-0.1, -0.05) is 15.9 Å². The van der Waals surface area contributed by atoms with Crippen molar-refractivity contribution in [2.24, 2.45) is 0 Å². The molecule has 0 aliphatic rings. The van der Waals surface area contributed by atoms with Crippen LogP contribution in [0.4, 0.5) is 0 Å². The second-order valence-electron chi connectivity index (χ2n) is 4.18. The summed E-state index contributed by atoms with van der Waals surface area (Å²) in [5, 5.41) is 20.3. The predicted molar refractivity (Wildman–Crippen MR) is 75.5 cm³/mol. The van der Waals surface area contributed by atoms with Crippen molar-refractivity contribution in [3.8, 4) is 5.75 Å². The molecule has 0 aliphatic heterocycles. The van der Waals surface area contributed by atoms with E-state index >= 15 is 0 Å². The number of carbonyl (C=O) groups is 2. The molecule has 20 heavy (non-hydrogen) atoms. The quantitative estimate of drug-likeness (QED) is 0.689. The van der Waals surface area contributed by atoms with Gasteiger partial charge in [-0.25, -0.2) is 4.79 Å². The summed E-state index contributed by atoms with van der Waals surface area (Å²) in [7, 11) is 0. The number of halogens is 1. The number of aliphatic hydroxyl groups is 1. The van der Waals surface area contributed by atoms with Crippen molar-refractivity contribution in [2.75, 3.05) is 6.61 Å². The van der Waals surface area contributed by atoms with Crippen LogP contribution >= 0.6 is 15.9 Å². The first-order valence-corrected chi connectivity index (χ1v) is 6.78. The number of aliphatic carboxylic acids is 1. The number of aliphatic hydroxyl groups excluding tert-OH is 1. The van der Waals surface area contributed by atoms with Gasteiger partial charge in [0.25, 0.3) is 0 Å². The third-order valence-corrected chi connectivity index (χ3v) is 3.01. The lowest BCUT2D eigenvalue weighted by Crippen LogP contribution is -2.47. The Hall–Kier alpha value is -1.60. The first kappa shape index (κ1) is 16.5. The van der Waals surface area contributed by atoms with Crippen LogP contribution in [0.3, 0.4) is 0 Å². The van der Waals surface area contributed by atoms with Gasteiger partial charge in [0, 0.05) is 4.47 Å². The fourth-order valence-corrected chi connectivity index (χ4v) is 1.69. The number of nitrogens with one attached hydrogen (secondary N) is 1. The number of amides is 1. The zero-order valence-corrected chi connectivity index (χ0v) is 12.5. The Bertz CT molecular complexity index is 460. The molecule has 1 rings (SSSR count). The first-order chi connectivity index (χ1) is 9.40. The largest absolute Gasteiger partial charge is 0.493 e. The highest BCUT2D eigenvalue weighted by Gasteiger charge is 2.24. The number of benzene rings is 1. The summed E-state index contributed by atoms with van der Waals surface area (Å²) in [6.45, 7) is 1.43. The normalized spacial score (nSPS) is 13.3. The third-order valence-electron chi connectivity index (χ3n) is 2.48. The number of hydrogen-bond acceptors (Lipinski definition) is 4. The smallest absolute Gasteiger partial charge is 0.328 e. The Balaban J connectivity index is 2.36. The molecule has 0 fully saturated rings. The monoisotopic (exact) mass is 345 g/mol. The minimum Gasteiger partial charge on any atom is -0.493 e. The molecule has 0 aliphatic carbocycles. The van der Waals surface area contributed by atoms with Crippen LogP contribution in [-0.2, 0) is 9.59 Å². The molecule has 2 unspecified atom stereocenters. The van der Waals surface area contributed by atoms with E-state index in [1.165, 1.54) is 6.92 Å². The molecule has 0 spiro atoms. The molecule has 0 heterocycles. The average Bonchev–Trinajstić information content (AvgIpc) is 2.37. The molecule has 3 N–H and O–H groups in total. The number of carbonyl (C=O) groups excluding carboxylic acids is 1. The lowest BCUT2D eigenvalue weighted by Gasteiger charge is -2.17. The van der Waals surface area contributed by atoms with Gasteiger partial charge in [-0.15, -0.1) is 0 Å². The topological polar surface area (TPSA) is 95.9 Å². The van der Waals surface area contributed by atoms with Gasteiger partial charge in [0.2, 0.25) is 5.91 Å². The SMILES string of the molecule is CC(O)C(NC(=O)CCOc1ccc(Br)cc1)C(=O)O. The second-order valence-corrected chi connectivity index (χ2v) is 5.09. The lowest BCUT2D eigenvalue weighted by atomic mass is 10.2. The Labute approximate surface area is 124 Å². The van der Waals surface area contributed by atoms with E-state index in [0.717, 1.165) is 4.47 Å². The highest BCUT2D eigenvalue weighted by Crippen LogP contribution is 2.16. The summed E-state index contributed by atoms with van der Waals surface area (Å²) in [6.07, 6.45) is -1.16. The molecule has 1 aromatic carbocycles. The lowest BCUT2D eigenvalue weighted by molar-refractivity contribution is -0.144. The third kappa shape index (κ3) is 5.58. The molecule has 110 valence electrons. The predicted octanol–water partition coefficient (Wildman–Crippen LogP) is 1.17. The van der Waals surface area contributed by atoms with Crippen LogP contribution < -0.4 is 10.1 Å². The maximum absolute atomic E-state index is 11.5. The van der Waals surface area contributed by atoms with Gasteiger partial charge in [-0.3, -0.25) is 4.79 Å². The molecule has 0 radical (unpaired) electrons. The van der Waals surface area contributed by atoms with Crippen molar-refractivity contribution in [1.29, 1.82) is 0 Å². The molecule has 0 bridgehead atoms. The van der Waals surface area contributed by atoms with E-state index in [0.29, 0.717) is 5.75 Å². The highest BCUT2D eigenvalue weighted by atomic mass is 79.9. The van der Waals surface area contributed by atoms with Gasteiger partial charge in [0.1, 0.15) is 5.75 Å². The van der Waals surface area contributed by atoms with Crippen LogP contribution in [0.1, 0.15) is 13.3 Å². The summed E-state index contributed by atoms with van der Waals surface area (Å²) in [4.78, 5) is 22.3. The average molecular weight is 346 g/mol. The van der Waals surface area contributed by atoms with Gasteiger partial charge in [-0.2, -0.15) is 0 Å². The zero-order chi connectivity index (χ0) is 15.1. The molecule has 1 amide bonds. The summed E-state index contributed by atoms with van der Waals surface area (Å²) < 4.78 is 6.26. The number of rotatable bonds is 7. The number of carboxylic acids is 1. The highest BCUT2D eigenvalue weighted by molar-refractivity contribution is 9.10. The summed E-state index contributed by atoms with van der Waals surface area (Å²) in [6, 6.07) is 5.80. The molecule has 0 saturated heterocycles. The van der Waals surface area contributed by atoms with Gasteiger partial charge >= 0.3 is 5.97 Å². The maximum Gasteiger partial charge on any atom is 0.328 e. The Morgan fingerprint density at radius 3 is 2.45 bits per heavy atom. The van der Waals surface area contributed by atoms with Crippen molar-refractivity contribution in [2.45, 2.75) is 25.5 Å². The fourth-order valence-electron chi connectivity index (χ4n) is 1.43. The number of carboxylic acid groups (broad SMARTS) is 1. The minimum absolute atomic E-state index is 0.00651. The first-order valence-electron chi connectivity index (χ1n) is 5.98. The van der Waals surface area contributed by atoms with Crippen LogP contribution in [-0.4, -0.2) is 40.8 Å². The molecular formula is C13H16BrNO5. The van der Waals surface area contributed by atoms with Crippen molar-refractivity contribution in [3.05, 3.63) is 28.7 Å². The Kier molecular flexibility index (Phi) is 6.47. The van der Waals surface area contributed by atoms with Gasteiger partial charge in [0.05, 0.1) is 19.1 Å². The van der Waals surface area contributed by atoms with Gasteiger partial charge < -0.3 is 20.3 Å². The van der Waals surface area contributed by atoms with Crippen LogP contribution in [0, 0.1) is 0 Å². The van der Waals surface area contributed by atoms with E-state index in [-0.39, 0.29) is 13.0 Å². The van der Waals surface area contributed by atoms with E-state index < -0.39 is 24.0 Å². The number of hydrogen-bond donors (Lipinski definition) is 3. The van der Waals surface area contributed by atoms with E-state index in [4.69, 9.17) is 9.84 Å². The molecule has 0 saturated carbocycles. The number of ether oxygens (including phenoxy) is 1. The van der Waals surface area contributed by atoms with Crippen molar-refractivity contribution >= 4 is 27.8 Å². The van der Waals surface area contributed by atoms with E-state index in [2.05, 4.69) is 21.2 Å². The van der Waals surface area contributed by atoms with Crippen LogP contribution in [0.15, 0.2) is 28.7 Å². The van der Waals surface area contributed by atoms with E-state index in [9.17, 15) is 14.7 Å². The molecule has 0 aromatic heterocycles. The van der Waals surface area contributed by atoms with E-state index in [1.54, 1.807) is 12.1 Å². The summed E-state index contributed by atoms with van der Waals surface area (Å²) >= 11 is 3.29. The van der Waals surface area contributed by atoms with Crippen LogP contribution in [0.25, 0.3) is 0 Å². The summed E-state index contributed by atoms with van der Waals surface area (Å²) in [5.41, 5.74) is 0. The van der Waals surface area contributed by atoms with Crippen molar-refractivity contribution in [1.82, 2.24) is 5.32 Å². The Morgan fingerprint density at radius 2 is 1.95 bits per heavy atom. The van der Waals surface area contributed by atoms with Crippen LogP contribution in [0.5, 0.6) is 5.75 Å². The van der Waals surface area contributed by atoms with Gasteiger partial charge in [0.15, 0.2) is 6.04 Å². The Morgan fingerprint density at radius 1 is 1.35 bits per heavy atom. The van der Waals surface area contributed by atoms with E-state index in [1.807, 2.05) is 12.1 Å². The van der Waals surface area contributed by atoms with Crippen LogP contribution in [0.2, 0.25) is 0 Å². The molecule has 1 aromatic rings.